The van der Waals surface area contributed by atoms with Crippen LogP contribution in [0.5, 0.6) is 0 Å². The van der Waals surface area contributed by atoms with Gasteiger partial charge in [-0.2, -0.15) is 0 Å². The molecule has 0 radical (unpaired) electrons. The third-order valence-corrected chi connectivity index (χ3v) is 14.4. The molecule has 0 saturated carbocycles. The molecule has 0 amide bonds. The van der Waals surface area contributed by atoms with Gasteiger partial charge in [0.2, 0.25) is 11.2 Å². The van der Waals surface area contributed by atoms with E-state index in [4.69, 9.17) is 31.3 Å². The molecule has 1 aliphatic rings. The Kier molecular flexibility index (Phi) is 13.9. The molecule has 1 aliphatic heterocycles. The molecule has 0 aromatic heterocycles. The molecule has 0 bridgehead atoms. The van der Waals surface area contributed by atoms with Gasteiger partial charge in [-0.1, -0.05) is 39.3 Å². The minimum absolute atomic E-state index is 0.0297. The Bertz CT molecular complexity index is 330. The minimum atomic E-state index is -2.27. The largest absolute Gasteiger partial charge is 0.382 e. The van der Waals surface area contributed by atoms with Crippen molar-refractivity contribution in [3.05, 3.63) is 0 Å². The first-order valence-corrected chi connectivity index (χ1v) is 24.3. The molecular formula is C13H40O7Si7. The van der Waals surface area contributed by atoms with Crippen molar-refractivity contribution < 1.29 is 31.3 Å². The summed E-state index contributed by atoms with van der Waals surface area (Å²) in [6.45, 7) is 13.6. The Balaban J connectivity index is 3.51. The lowest BCUT2D eigenvalue weighted by molar-refractivity contribution is -0.243. The van der Waals surface area contributed by atoms with Crippen molar-refractivity contribution in [2.45, 2.75) is 75.5 Å². The molecule has 7 nitrogen and oxygen atoms in total. The van der Waals surface area contributed by atoms with Crippen LogP contribution in [0.1, 0.15) is 19.3 Å². The molecule has 162 valence electrons. The lowest BCUT2D eigenvalue weighted by Crippen LogP contribution is -2.73. The molecule has 14 heteroatoms. The number of ether oxygens (including phenoxy) is 1. The lowest BCUT2D eigenvalue weighted by Gasteiger charge is -2.51. The fourth-order valence-corrected chi connectivity index (χ4v) is 17.7. The van der Waals surface area contributed by atoms with E-state index in [2.05, 4.69) is 39.3 Å². The Hall–Kier alpha value is 1.24. The summed E-state index contributed by atoms with van der Waals surface area (Å²) in [4.78, 5) is 0. The van der Waals surface area contributed by atoms with Crippen molar-refractivity contribution in [3.8, 4) is 0 Å². The Labute approximate surface area is 180 Å². The predicted octanol–water partition coefficient (Wildman–Crippen LogP) is -2.40. The number of hydrogen-bond acceptors (Lipinski definition) is 7. The topological polar surface area (TPSA) is 64.6 Å². The summed E-state index contributed by atoms with van der Waals surface area (Å²) in [6, 6.07) is 0. The molecule has 0 aromatic carbocycles. The zero-order valence-corrected chi connectivity index (χ0v) is 27.7. The molecule has 1 rings (SSSR count). The molecule has 1 heterocycles. The average molecular weight is 505 g/mol. The molecule has 1 atom stereocenters. The Morgan fingerprint density at radius 3 is 1.30 bits per heavy atom. The van der Waals surface area contributed by atoms with E-state index in [1.165, 1.54) is 0 Å². The SMILES string of the molecule is C[SiH2]OC(O[SiH2]C)(O[SiH2]C)[SiH](C1CCCCO1)C(O[SiH2]C)(O[SiH2]C)O[SiH2]C. The standard InChI is InChI=1S/C13H40O7Si7/c1-21-15-12(16-22-2,17-23-3)27(11-9-7-8-10-14-11)13(18-24-4,19-25-5)20-26-6/h11,27H,7-10,21-26H2,1-6H3. The van der Waals surface area contributed by atoms with Gasteiger partial charge in [0.25, 0.3) is 8.80 Å². The highest BCUT2D eigenvalue weighted by Gasteiger charge is 2.61. The predicted molar refractivity (Wildman–Crippen MR) is 129 cm³/mol. The van der Waals surface area contributed by atoms with E-state index >= 15 is 0 Å². The third kappa shape index (κ3) is 7.16. The van der Waals surface area contributed by atoms with Gasteiger partial charge in [-0.3, -0.25) is 0 Å². The van der Waals surface area contributed by atoms with Crippen molar-refractivity contribution in [2.75, 3.05) is 6.61 Å². The average Bonchev–Trinajstić information content (AvgIpc) is 2.64. The molecule has 1 fully saturated rings. The van der Waals surface area contributed by atoms with Crippen LogP contribution in [0.4, 0.5) is 0 Å². The molecule has 0 aromatic rings. The lowest BCUT2D eigenvalue weighted by atomic mass is 10.2. The van der Waals surface area contributed by atoms with Gasteiger partial charge in [0.1, 0.15) is 0 Å². The van der Waals surface area contributed by atoms with Crippen molar-refractivity contribution in [1.29, 1.82) is 0 Å². The van der Waals surface area contributed by atoms with Crippen LogP contribution < -0.4 is 0 Å². The molecule has 27 heavy (non-hydrogen) atoms. The van der Waals surface area contributed by atoms with E-state index < -0.39 is 78.6 Å². The first kappa shape index (κ1) is 26.3. The maximum absolute atomic E-state index is 6.42. The zero-order chi connectivity index (χ0) is 20.2. The van der Waals surface area contributed by atoms with Crippen LogP contribution in [0.15, 0.2) is 0 Å². The van der Waals surface area contributed by atoms with E-state index in [0.29, 0.717) is 0 Å². The van der Waals surface area contributed by atoms with E-state index in [1.807, 2.05) is 0 Å². The van der Waals surface area contributed by atoms with E-state index in [0.717, 1.165) is 25.9 Å². The maximum Gasteiger partial charge on any atom is 0.277 e. The number of hydrogen-bond donors (Lipinski definition) is 0. The van der Waals surface area contributed by atoms with Crippen molar-refractivity contribution in [1.82, 2.24) is 0 Å². The van der Waals surface area contributed by atoms with Crippen LogP contribution >= 0.6 is 0 Å². The van der Waals surface area contributed by atoms with E-state index in [1.54, 1.807) is 0 Å². The van der Waals surface area contributed by atoms with Crippen LogP contribution in [0.3, 0.4) is 0 Å². The van der Waals surface area contributed by atoms with E-state index in [9.17, 15) is 0 Å². The van der Waals surface area contributed by atoms with E-state index in [-0.39, 0.29) is 5.73 Å². The van der Waals surface area contributed by atoms with Crippen LogP contribution in [-0.2, 0) is 31.3 Å². The molecule has 0 aliphatic carbocycles. The quantitative estimate of drug-likeness (QED) is 0.182. The summed E-state index contributed by atoms with van der Waals surface area (Å²) < 4.78 is 44.8. The highest BCUT2D eigenvalue weighted by molar-refractivity contribution is 6.67. The van der Waals surface area contributed by atoms with Gasteiger partial charge in [-0.25, -0.2) is 0 Å². The fraction of sp³-hybridized carbons (Fsp3) is 1.00. The minimum Gasteiger partial charge on any atom is -0.382 e. The highest BCUT2D eigenvalue weighted by atomic mass is 28.3. The van der Waals surface area contributed by atoms with Gasteiger partial charge in [-0.05, 0) is 19.3 Å². The summed E-state index contributed by atoms with van der Waals surface area (Å²) in [5.41, 5.74) is -1.97. The first-order chi connectivity index (χ1) is 13.1. The van der Waals surface area contributed by atoms with Gasteiger partial charge in [0.15, 0.2) is 58.6 Å². The number of rotatable bonds is 15. The smallest absolute Gasteiger partial charge is 0.277 e. The maximum atomic E-state index is 6.42. The Morgan fingerprint density at radius 1 is 0.667 bits per heavy atom. The van der Waals surface area contributed by atoms with Crippen LogP contribution in [0, 0.1) is 0 Å². The first-order valence-electron chi connectivity index (χ1n) is 10.5. The van der Waals surface area contributed by atoms with Gasteiger partial charge < -0.3 is 31.3 Å². The summed E-state index contributed by atoms with van der Waals surface area (Å²) in [6.07, 6.45) is 3.23. The zero-order valence-electron chi connectivity index (χ0n) is 18.1. The van der Waals surface area contributed by atoms with Crippen LogP contribution in [0.25, 0.3) is 0 Å². The summed E-state index contributed by atoms with van der Waals surface area (Å²) in [5, 5.41) is 0. The van der Waals surface area contributed by atoms with Gasteiger partial charge in [0.05, 0.1) is 5.73 Å². The van der Waals surface area contributed by atoms with Crippen molar-refractivity contribution in [2.24, 2.45) is 0 Å². The second kappa shape index (κ2) is 14.3. The van der Waals surface area contributed by atoms with Crippen LogP contribution in [0.2, 0.25) is 39.3 Å². The molecule has 0 spiro atoms. The van der Waals surface area contributed by atoms with Crippen molar-refractivity contribution >= 4 is 67.4 Å². The summed E-state index contributed by atoms with van der Waals surface area (Å²) in [7, 11) is -6.88. The second-order valence-electron chi connectivity index (χ2n) is 6.19. The molecule has 1 unspecified atom stereocenters. The van der Waals surface area contributed by atoms with Gasteiger partial charge >= 0.3 is 0 Å². The normalized spacial score (nSPS) is 26.2. The molecule has 1 saturated heterocycles. The molecular weight excluding hydrogens is 465 g/mol. The monoisotopic (exact) mass is 504 g/mol. The Morgan fingerprint density at radius 2 is 1.04 bits per heavy atom. The summed E-state index contributed by atoms with van der Waals surface area (Å²) in [5.74, 6) is 0. The fourth-order valence-electron chi connectivity index (χ4n) is 3.70. The van der Waals surface area contributed by atoms with Gasteiger partial charge in [-0.15, -0.1) is 0 Å². The molecule has 0 N–H and O–H groups in total. The van der Waals surface area contributed by atoms with Crippen LogP contribution in [-0.4, -0.2) is 90.9 Å². The second-order valence-corrected chi connectivity index (χ2v) is 14.5. The highest BCUT2D eigenvalue weighted by Crippen LogP contribution is 2.36. The van der Waals surface area contributed by atoms with Crippen molar-refractivity contribution in [3.63, 3.8) is 0 Å². The summed E-state index contributed by atoms with van der Waals surface area (Å²) >= 11 is 0. The third-order valence-electron chi connectivity index (χ3n) is 4.42. The van der Waals surface area contributed by atoms with Gasteiger partial charge in [0, 0.05) is 6.61 Å².